The normalized spacial score (nSPS) is 15.5. The summed E-state index contributed by atoms with van der Waals surface area (Å²) in [6.07, 6.45) is 1.33. The summed E-state index contributed by atoms with van der Waals surface area (Å²) < 4.78 is 45.5. The van der Waals surface area contributed by atoms with E-state index in [1.54, 1.807) is 6.07 Å². The molecule has 0 amide bonds. The molecular weight excluding hydrogens is 429 g/mol. The highest BCUT2D eigenvalue weighted by Crippen LogP contribution is 2.33. The Balaban J connectivity index is 1.87. The Bertz CT molecular complexity index is 1350. The Morgan fingerprint density at radius 1 is 1.26 bits per heavy atom. The Morgan fingerprint density at radius 3 is 2.61 bits per heavy atom. The molecule has 10 heteroatoms. The van der Waals surface area contributed by atoms with E-state index in [2.05, 4.69) is 10.4 Å². The molecule has 0 spiro atoms. The third kappa shape index (κ3) is 3.81. The number of fused-ring (bicyclic) bond motifs is 1. The van der Waals surface area contributed by atoms with Crippen LogP contribution in [0.4, 0.5) is 13.2 Å². The number of rotatable bonds is 3. The highest BCUT2D eigenvalue weighted by Gasteiger charge is 2.35. The van der Waals surface area contributed by atoms with E-state index in [4.69, 9.17) is 0 Å². The largest absolute Gasteiger partial charge is 0.431 e. The van der Waals surface area contributed by atoms with Crippen LogP contribution in [0.15, 0.2) is 39.9 Å². The molecule has 1 aliphatic rings. The summed E-state index contributed by atoms with van der Waals surface area (Å²) in [7, 11) is 0.968. The summed E-state index contributed by atoms with van der Waals surface area (Å²) in [6.45, 7) is 0. The third-order valence-electron chi connectivity index (χ3n) is 5.50. The van der Waals surface area contributed by atoms with Gasteiger partial charge in [-0.2, -0.15) is 22.8 Å². The summed E-state index contributed by atoms with van der Waals surface area (Å²) in [5.74, 6) is 0.305. The van der Waals surface area contributed by atoms with Gasteiger partial charge < -0.3 is 0 Å². The highest BCUT2D eigenvalue weighted by molar-refractivity contribution is 7.13. The Labute approximate surface area is 178 Å². The number of halogens is 3. The first-order chi connectivity index (χ1) is 14.7. The van der Waals surface area contributed by atoms with Crippen molar-refractivity contribution in [3.05, 3.63) is 62.6 Å². The second-order valence-corrected chi connectivity index (χ2v) is 8.30. The van der Waals surface area contributed by atoms with Crippen LogP contribution < -0.4 is 11.2 Å². The maximum absolute atomic E-state index is 13.1. The minimum Gasteiger partial charge on any atom is -0.292 e. The van der Waals surface area contributed by atoms with E-state index in [0.717, 1.165) is 37.4 Å². The molecule has 0 aliphatic heterocycles. The maximum Gasteiger partial charge on any atom is 0.431 e. The zero-order valence-electron chi connectivity index (χ0n) is 16.4. The van der Waals surface area contributed by atoms with Crippen molar-refractivity contribution >= 4 is 27.2 Å². The second kappa shape index (κ2) is 7.81. The molecule has 0 atom stereocenters. The molecule has 0 unspecified atom stereocenters. The molecule has 4 rings (SSSR count). The van der Waals surface area contributed by atoms with Gasteiger partial charge in [0.25, 0.3) is 5.56 Å². The van der Waals surface area contributed by atoms with Crippen LogP contribution in [0.5, 0.6) is 0 Å². The van der Waals surface area contributed by atoms with Crippen molar-refractivity contribution in [3.63, 3.8) is 0 Å². The van der Waals surface area contributed by atoms with Crippen molar-refractivity contribution in [3.8, 4) is 11.8 Å². The molecule has 0 bridgehead atoms. The summed E-state index contributed by atoms with van der Waals surface area (Å²) in [6, 6.07) is 7.22. The van der Waals surface area contributed by atoms with Crippen molar-refractivity contribution in [2.24, 2.45) is 13.0 Å². The fourth-order valence-electron chi connectivity index (χ4n) is 3.92. The first-order valence-electron chi connectivity index (χ1n) is 9.63. The lowest BCUT2D eigenvalue weighted by Crippen LogP contribution is -2.40. The average Bonchev–Trinajstić information content (AvgIpc) is 3.37. The van der Waals surface area contributed by atoms with Crippen LogP contribution in [0.25, 0.3) is 21.3 Å². The van der Waals surface area contributed by atoms with Crippen LogP contribution in [0.3, 0.4) is 0 Å². The number of aromatic nitrogens is 3. The zero-order valence-corrected chi connectivity index (χ0v) is 17.3. The van der Waals surface area contributed by atoms with Gasteiger partial charge >= 0.3 is 11.9 Å². The predicted molar refractivity (Wildman–Crippen MR) is 111 cm³/mol. The van der Waals surface area contributed by atoms with Gasteiger partial charge in [0, 0.05) is 18.5 Å². The van der Waals surface area contributed by atoms with Crippen LogP contribution >= 0.6 is 11.5 Å². The smallest absolute Gasteiger partial charge is 0.292 e. The lowest BCUT2D eigenvalue weighted by atomic mass is 10.0. The summed E-state index contributed by atoms with van der Waals surface area (Å²) >= 11 is 1.18. The maximum atomic E-state index is 13.1. The number of nitriles is 1. The van der Waals surface area contributed by atoms with Gasteiger partial charge in [0.15, 0.2) is 0 Å². The van der Waals surface area contributed by atoms with Crippen LogP contribution in [0.1, 0.15) is 37.1 Å². The molecule has 1 aliphatic carbocycles. The molecule has 1 saturated carbocycles. The number of allylic oxidation sites excluding steroid dienone is 2. The van der Waals surface area contributed by atoms with Gasteiger partial charge in [-0.05, 0) is 48.5 Å². The number of alkyl halides is 3. The second-order valence-electron chi connectivity index (χ2n) is 7.49. The van der Waals surface area contributed by atoms with Crippen LogP contribution in [-0.2, 0) is 13.2 Å². The molecule has 0 radical (unpaired) electrons. The van der Waals surface area contributed by atoms with Crippen molar-refractivity contribution in [2.75, 3.05) is 0 Å². The van der Waals surface area contributed by atoms with Gasteiger partial charge in [-0.1, -0.05) is 18.9 Å². The molecular formula is C21H17F3N4O2S. The quantitative estimate of drug-likeness (QED) is 0.563. The molecule has 0 saturated heterocycles. The van der Waals surface area contributed by atoms with Crippen LogP contribution in [-0.4, -0.2) is 13.5 Å². The summed E-state index contributed by atoms with van der Waals surface area (Å²) in [5, 5.41) is 10.2. The van der Waals surface area contributed by atoms with Gasteiger partial charge in [0.2, 0.25) is 0 Å². The topological polar surface area (TPSA) is 80.7 Å². The Morgan fingerprint density at radius 2 is 1.97 bits per heavy atom. The standard InChI is InChI=1S/C21H17F3N4O2S/c1-27-17(21(22,23)24)10-18(29)28(20(27)30)14-6-7-16-15(9-14)19(26-31-16)13(11-25)8-12-4-2-3-5-12/h6-10,12H,2-5H2,1H3. The van der Waals surface area contributed by atoms with Crippen LogP contribution in [0.2, 0.25) is 0 Å². The van der Waals surface area contributed by atoms with Gasteiger partial charge in [0.1, 0.15) is 17.5 Å². The SMILES string of the molecule is Cn1c(C(F)(F)F)cc(=O)n(-c2ccc3snc(C(C#N)=CC4CCCC4)c3c2)c1=O. The molecule has 1 fully saturated rings. The van der Waals surface area contributed by atoms with Crippen molar-refractivity contribution in [1.29, 1.82) is 5.26 Å². The van der Waals surface area contributed by atoms with Gasteiger partial charge in [0.05, 0.1) is 16.0 Å². The lowest BCUT2D eigenvalue weighted by Gasteiger charge is -2.14. The molecule has 2 heterocycles. The van der Waals surface area contributed by atoms with Crippen LogP contribution in [0, 0.1) is 17.2 Å². The monoisotopic (exact) mass is 446 g/mol. The number of hydrogen-bond donors (Lipinski definition) is 0. The van der Waals surface area contributed by atoms with Gasteiger partial charge in [-0.15, -0.1) is 0 Å². The Hall–Kier alpha value is -3.19. The first-order valence-corrected chi connectivity index (χ1v) is 10.4. The molecule has 6 nitrogen and oxygen atoms in total. The van der Waals surface area contributed by atoms with Crippen molar-refractivity contribution < 1.29 is 13.2 Å². The summed E-state index contributed by atoms with van der Waals surface area (Å²) in [4.78, 5) is 25.0. The van der Waals surface area contributed by atoms with Gasteiger partial charge in [-0.25, -0.2) is 9.36 Å². The molecule has 1 aromatic carbocycles. The number of hydrogen-bond acceptors (Lipinski definition) is 5. The van der Waals surface area contributed by atoms with Crippen molar-refractivity contribution in [2.45, 2.75) is 31.9 Å². The summed E-state index contributed by atoms with van der Waals surface area (Å²) in [5.41, 5.74) is -2.51. The lowest BCUT2D eigenvalue weighted by molar-refractivity contribution is -0.144. The average molecular weight is 446 g/mol. The van der Waals surface area contributed by atoms with E-state index in [-0.39, 0.29) is 5.69 Å². The fraction of sp³-hybridized carbons (Fsp3) is 0.333. The molecule has 31 heavy (non-hydrogen) atoms. The molecule has 0 N–H and O–H groups in total. The third-order valence-corrected chi connectivity index (χ3v) is 6.33. The number of nitrogens with zero attached hydrogens (tertiary/aromatic N) is 4. The molecule has 160 valence electrons. The van der Waals surface area contributed by atoms with Gasteiger partial charge in [-0.3, -0.25) is 9.36 Å². The van der Waals surface area contributed by atoms with E-state index < -0.39 is 23.1 Å². The van der Waals surface area contributed by atoms with E-state index in [1.165, 1.54) is 23.7 Å². The predicted octanol–water partition coefficient (Wildman–Crippen LogP) is 4.26. The van der Waals surface area contributed by atoms with E-state index in [0.29, 0.717) is 37.8 Å². The van der Waals surface area contributed by atoms with E-state index in [1.807, 2.05) is 6.08 Å². The molecule has 2 aromatic heterocycles. The van der Waals surface area contributed by atoms with Crippen molar-refractivity contribution in [1.82, 2.24) is 13.5 Å². The van der Waals surface area contributed by atoms with E-state index >= 15 is 0 Å². The number of benzene rings is 1. The minimum absolute atomic E-state index is 0.117. The highest BCUT2D eigenvalue weighted by atomic mass is 32.1. The molecule has 3 aromatic rings. The first kappa shape index (κ1) is 21.1. The van der Waals surface area contributed by atoms with E-state index in [9.17, 15) is 28.0 Å². The minimum atomic E-state index is -4.83. The fourth-order valence-corrected chi connectivity index (χ4v) is 4.69. The Kier molecular flexibility index (Phi) is 5.31. The zero-order chi connectivity index (χ0) is 22.3.